The first-order chi connectivity index (χ1) is 12.0. The highest BCUT2D eigenvalue weighted by Gasteiger charge is 2.08. The fourth-order valence-electron chi connectivity index (χ4n) is 2.60. The van der Waals surface area contributed by atoms with Gasteiger partial charge in [0, 0.05) is 35.7 Å². The van der Waals surface area contributed by atoms with E-state index in [1.54, 1.807) is 13.1 Å². The van der Waals surface area contributed by atoms with E-state index in [0.717, 1.165) is 65.9 Å². The van der Waals surface area contributed by atoms with Crippen molar-refractivity contribution in [2.45, 2.75) is 33.1 Å². The zero-order valence-electron chi connectivity index (χ0n) is 15.2. The second-order valence-corrected chi connectivity index (χ2v) is 6.66. The molecule has 26 heavy (non-hydrogen) atoms. The Morgan fingerprint density at radius 2 is 1.88 bits per heavy atom. The molecule has 2 N–H and O–H groups in total. The standard InChI is InChI=1S/C18H24Cl2N4O.HI/c1-12-16(13(2)25-24-12)8-10-23-18(21-3)22-9-4-5-14-6-7-15(19)11-17(14)20;/h6-7,11H,4-5,8-10H2,1-3H3,(H2,21,22,23);1H. The van der Waals surface area contributed by atoms with Crippen LogP contribution in [0.15, 0.2) is 27.7 Å². The third-order valence-corrected chi connectivity index (χ3v) is 4.59. The first kappa shape index (κ1) is 23.0. The summed E-state index contributed by atoms with van der Waals surface area (Å²) in [5.41, 5.74) is 3.21. The molecule has 0 bridgehead atoms. The van der Waals surface area contributed by atoms with Crippen LogP contribution in [0, 0.1) is 13.8 Å². The number of hydrogen-bond donors (Lipinski definition) is 2. The number of guanidine groups is 1. The number of halogens is 3. The minimum atomic E-state index is 0. The molecular formula is C18H25Cl2IN4O. The largest absolute Gasteiger partial charge is 0.361 e. The molecule has 0 aliphatic rings. The highest BCUT2D eigenvalue weighted by atomic mass is 127. The average molecular weight is 511 g/mol. The molecule has 1 aromatic carbocycles. The van der Waals surface area contributed by atoms with E-state index in [9.17, 15) is 0 Å². The van der Waals surface area contributed by atoms with Crippen molar-refractivity contribution >= 4 is 53.1 Å². The molecule has 0 saturated carbocycles. The molecule has 0 saturated heterocycles. The fraction of sp³-hybridized carbons (Fsp3) is 0.444. The van der Waals surface area contributed by atoms with Gasteiger partial charge in [-0.15, -0.1) is 24.0 Å². The Labute approximate surface area is 181 Å². The van der Waals surface area contributed by atoms with Crippen LogP contribution in [0.25, 0.3) is 0 Å². The number of hydrogen-bond acceptors (Lipinski definition) is 3. The second kappa shape index (κ2) is 11.7. The van der Waals surface area contributed by atoms with Crippen molar-refractivity contribution in [3.05, 3.63) is 50.8 Å². The number of rotatable bonds is 7. The number of aromatic nitrogens is 1. The van der Waals surface area contributed by atoms with Gasteiger partial charge in [-0.25, -0.2) is 0 Å². The van der Waals surface area contributed by atoms with Crippen molar-refractivity contribution in [3.8, 4) is 0 Å². The number of nitrogens with zero attached hydrogens (tertiary/aromatic N) is 2. The van der Waals surface area contributed by atoms with Crippen LogP contribution in [-0.2, 0) is 12.8 Å². The van der Waals surface area contributed by atoms with Crippen LogP contribution in [0.2, 0.25) is 10.0 Å². The van der Waals surface area contributed by atoms with Gasteiger partial charge >= 0.3 is 0 Å². The lowest BCUT2D eigenvalue weighted by atomic mass is 10.1. The third-order valence-electron chi connectivity index (χ3n) is 4.00. The van der Waals surface area contributed by atoms with Crippen molar-refractivity contribution in [2.24, 2.45) is 4.99 Å². The van der Waals surface area contributed by atoms with Gasteiger partial charge < -0.3 is 15.2 Å². The van der Waals surface area contributed by atoms with Gasteiger partial charge in [-0.1, -0.05) is 34.4 Å². The Hall–Kier alpha value is -0.990. The quantitative estimate of drug-likeness (QED) is 0.248. The van der Waals surface area contributed by atoms with Gasteiger partial charge in [0.2, 0.25) is 0 Å². The van der Waals surface area contributed by atoms with Gasteiger partial charge in [0.25, 0.3) is 0 Å². The zero-order chi connectivity index (χ0) is 18.2. The first-order valence-electron chi connectivity index (χ1n) is 8.31. The maximum absolute atomic E-state index is 6.19. The summed E-state index contributed by atoms with van der Waals surface area (Å²) >= 11 is 12.1. The van der Waals surface area contributed by atoms with E-state index in [0.29, 0.717) is 5.02 Å². The van der Waals surface area contributed by atoms with E-state index >= 15 is 0 Å². The maximum Gasteiger partial charge on any atom is 0.190 e. The predicted molar refractivity (Wildman–Crippen MR) is 119 cm³/mol. The SMILES string of the molecule is CN=C(NCCCc1ccc(Cl)cc1Cl)NCCc1c(C)noc1C.I. The monoisotopic (exact) mass is 510 g/mol. The molecule has 0 spiro atoms. The lowest BCUT2D eigenvalue weighted by molar-refractivity contribution is 0.392. The van der Waals surface area contributed by atoms with Crippen molar-refractivity contribution in [3.63, 3.8) is 0 Å². The smallest absolute Gasteiger partial charge is 0.190 e. The minimum absolute atomic E-state index is 0. The molecule has 5 nitrogen and oxygen atoms in total. The van der Waals surface area contributed by atoms with Gasteiger partial charge in [-0.3, -0.25) is 4.99 Å². The maximum atomic E-state index is 6.19. The van der Waals surface area contributed by atoms with Crippen molar-refractivity contribution < 1.29 is 4.52 Å². The van der Waals surface area contributed by atoms with Gasteiger partial charge in [0.1, 0.15) is 5.76 Å². The highest BCUT2D eigenvalue weighted by Crippen LogP contribution is 2.21. The Balaban J connectivity index is 0.00000338. The molecule has 2 rings (SSSR count). The Bertz CT molecular complexity index is 714. The van der Waals surface area contributed by atoms with Crippen molar-refractivity contribution in [1.82, 2.24) is 15.8 Å². The Morgan fingerprint density at radius 1 is 1.15 bits per heavy atom. The molecule has 8 heteroatoms. The van der Waals surface area contributed by atoms with Crippen LogP contribution in [0.3, 0.4) is 0 Å². The highest BCUT2D eigenvalue weighted by molar-refractivity contribution is 14.0. The van der Waals surface area contributed by atoms with Crippen LogP contribution < -0.4 is 10.6 Å². The van der Waals surface area contributed by atoms with E-state index in [1.165, 1.54) is 0 Å². The molecule has 0 radical (unpaired) electrons. The molecule has 0 fully saturated rings. The van der Waals surface area contributed by atoms with Crippen LogP contribution in [0.1, 0.15) is 29.0 Å². The van der Waals surface area contributed by atoms with Crippen LogP contribution in [0.5, 0.6) is 0 Å². The number of aliphatic imine (C=N–C) groups is 1. The normalized spacial score (nSPS) is 11.2. The summed E-state index contributed by atoms with van der Waals surface area (Å²) in [6, 6.07) is 5.62. The molecule has 2 aromatic rings. The lowest BCUT2D eigenvalue weighted by Crippen LogP contribution is -2.38. The average Bonchev–Trinajstić information content (AvgIpc) is 2.90. The Kier molecular flexibility index (Phi) is 10.3. The second-order valence-electron chi connectivity index (χ2n) is 5.82. The molecule has 144 valence electrons. The summed E-state index contributed by atoms with van der Waals surface area (Å²) in [7, 11) is 1.77. The van der Waals surface area contributed by atoms with Gasteiger partial charge in [0.15, 0.2) is 5.96 Å². The third kappa shape index (κ3) is 6.96. The molecule has 1 aromatic heterocycles. The van der Waals surface area contributed by atoms with E-state index in [1.807, 2.05) is 26.0 Å². The topological polar surface area (TPSA) is 62.5 Å². The molecule has 0 atom stereocenters. The number of nitrogens with one attached hydrogen (secondary N) is 2. The molecule has 1 heterocycles. The molecule has 0 unspecified atom stereocenters. The van der Waals surface area contributed by atoms with Gasteiger partial charge in [-0.05, 0) is 50.8 Å². The lowest BCUT2D eigenvalue weighted by Gasteiger charge is -2.12. The summed E-state index contributed by atoms with van der Waals surface area (Å²) in [6.07, 6.45) is 2.69. The summed E-state index contributed by atoms with van der Waals surface area (Å²) in [5.74, 6) is 1.66. The molecule has 0 amide bonds. The summed E-state index contributed by atoms with van der Waals surface area (Å²) in [6.45, 7) is 5.47. The van der Waals surface area contributed by atoms with Crippen molar-refractivity contribution in [1.29, 1.82) is 0 Å². The van der Waals surface area contributed by atoms with Crippen molar-refractivity contribution in [2.75, 3.05) is 20.1 Å². The fourth-order valence-corrected chi connectivity index (χ4v) is 3.10. The summed E-state index contributed by atoms with van der Waals surface area (Å²) in [4.78, 5) is 4.24. The number of aryl methyl sites for hydroxylation is 3. The molecule has 0 aliphatic heterocycles. The predicted octanol–water partition coefficient (Wildman–Crippen LogP) is 4.56. The summed E-state index contributed by atoms with van der Waals surface area (Å²) < 4.78 is 5.17. The van der Waals surface area contributed by atoms with E-state index < -0.39 is 0 Å². The van der Waals surface area contributed by atoms with Gasteiger partial charge in [-0.2, -0.15) is 0 Å². The molecular weight excluding hydrogens is 486 g/mol. The zero-order valence-corrected chi connectivity index (χ0v) is 19.1. The van der Waals surface area contributed by atoms with Crippen LogP contribution in [-0.4, -0.2) is 31.3 Å². The van der Waals surface area contributed by atoms with Crippen LogP contribution in [0.4, 0.5) is 0 Å². The van der Waals surface area contributed by atoms with Gasteiger partial charge in [0.05, 0.1) is 5.69 Å². The van der Waals surface area contributed by atoms with E-state index in [4.69, 9.17) is 27.7 Å². The molecule has 0 aliphatic carbocycles. The minimum Gasteiger partial charge on any atom is -0.361 e. The Morgan fingerprint density at radius 3 is 2.50 bits per heavy atom. The number of benzene rings is 1. The first-order valence-corrected chi connectivity index (χ1v) is 9.07. The van der Waals surface area contributed by atoms with E-state index in [2.05, 4.69) is 20.8 Å². The summed E-state index contributed by atoms with van der Waals surface area (Å²) in [5, 5.41) is 12.0. The van der Waals surface area contributed by atoms with Crippen LogP contribution >= 0.6 is 47.2 Å². The van der Waals surface area contributed by atoms with E-state index in [-0.39, 0.29) is 24.0 Å².